The van der Waals surface area contributed by atoms with Crippen molar-refractivity contribution in [2.24, 2.45) is 4.99 Å². The fraction of sp³-hybridized carbons (Fsp3) is 0.208. The van der Waals surface area contributed by atoms with Crippen molar-refractivity contribution in [3.63, 3.8) is 0 Å². The second-order valence-electron chi connectivity index (χ2n) is 7.14. The Morgan fingerprint density at radius 3 is 2.59 bits per heavy atom. The number of methoxy groups -OCH3 is 1. The number of fused-ring (bicyclic) bond motifs is 1. The molecule has 8 heteroatoms. The molecule has 1 unspecified atom stereocenters. The molecule has 2 aromatic carbocycles. The first-order chi connectivity index (χ1) is 15.5. The van der Waals surface area contributed by atoms with Gasteiger partial charge in [0.05, 0.1) is 22.4 Å². The number of thiazole rings is 1. The molecule has 0 saturated heterocycles. The van der Waals surface area contributed by atoms with Gasteiger partial charge in [0.1, 0.15) is 12.6 Å². The van der Waals surface area contributed by atoms with E-state index in [9.17, 15) is 9.59 Å². The summed E-state index contributed by atoms with van der Waals surface area (Å²) in [5, 5.41) is 0.451. The number of esters is 1. The molecule has 1 aliphatic rings. The molecule has 0 amide bonds. The van der Waals surface area contributed by atoms with Gasteiger partial charge in [-0.3, -0.25) is 9.36 Å². The van der Waals surface area contributed by atoms with Crippen LogP contribution in [-0.2, 0) is 14.3 Å². The lowest BCUT2D eigenvalue weighted by atomic mass is 9.96. The molecule has 2 heterocycles. The molecule has 1 atom stereocenters. The van der Waals surface area contributed by atoms with Crippen LogP contribution >= 0.6 is 22.9 Å². The minimum absolute atomic E-state index is 0.0970. The number of allylic oxidation sites excluding steroid dienone is 1. The van der Waals surface area contributed by atoms with Gasteiger partial charge in [-0.1, -0.05) is 71.5 Å². The maximum atomic E-state index is 13.5. The minimum Gasteiger partial charge on any atom is -0.460 e. The smallest absolute Gasteiger partial charge is 0.338 e. The lowest BCUT2D eigenvalue weighted by Gasteiger charge is -2.25. The Morgan fingerprint density at radius 1 is 1.16 bits per heavy atom. The van der Waals surface area contributed by atoms with Gasteiger partial charge in [-0.15, -0.1) is 0 Å². The Bertz CT molecular complexity index is 1360. The average Bonchev–Trinajstić information content (AvgIpc) is 3.08. The third kappa shape index (κ3) is 4.32. The highest BCUT2D eigenvalue weighted by atomic mass is 35.5. The van der Waals surface area contributed by atoms with Gasteiger partial charge in [0.2, 0.25) is 0 Å². The van der Waals surface area contributed by atoms with E-state index in [-0.39, 0.29) is 24.3 Å². The highest BCUT2D eigenvalue weighted by molar-refractivity contribution is 7.07. The van der Waals surface area contributed by atoms with E-state index in [0.717, 1.165) is 5.56 Å². The number of rotatable bonds is 6. The van der Waals surface area contributed by atoms with Crippen LogP contribution < -0.4 is 14.9 Å². The number of carbonyl (C=O) groups is 1. The molecule has 3 aromatic rings. The van der Waals surface area contributed by atoms with Gasteiger partial charge in [-0.05, 0) is 30.2 Å². The predicted octanol–water partition coefficient (Wildman–Crippen LogP) is 3.08. The number of hydrogen-bond donors (Lipinski definition) is 0. The average molecular weight is 469 g/mol. The summed E-state index contributed by atoms with van der Waals surface area (Å²) in [6.07, 6.45) is 1.82. The zero-order valence-electron chi connectivity index (χ0n) is 17.6. The Kier molecular flexibility index (Phi) is 6.69. The largest absolute Gasteiger partial charge is 0.460 e. The third-order valence-corrected chi connectivity index (χ3v) is 6.39. The van der Waals surface area contributed by atoms with E-state index in [4.69, 9.17) is 21.1 Å². The summed E-state index contributed by atoms with van der Waals surface area (Å²) in [6.45, 7) is 2.11. The van der Waals surface area contributed by atoms with Crippen LogP contribution in [0.1, 0.15) is 24.1 Å². The van der Waals surface area contributed by atoms with Crippen molar-refractivity contribution >= 4 is 35.0 Å². The first-order valence-electron chi connectivity index (χ1n) is 9.99. The molecule has 6 nitrogen and oxygen atoms in total. The molecule has 0 spiro atoms. The molecule has 0 radical (unpaired) electrons. The zero-order valence-corrected chi connectivity index (χ0v) is 19.2. The number of nitrogens with zero attached hydrogens (tertiary/aromatic N) is 2. The molecule has 4 rings (SSSR count). The van der Waals surface area contributed by atoms with Crippen LogP contribution in [0.2, 0.25) is 5.02 Å². The fourth-order valence-corrected chi connectivity index (χ4v) is 4.86. The third-order valence-electron chi connectivity index (χ3n) is 5.06. The molecule has 1 aliphatic heterocycles. The molecule has 32 heavy (non-hydrogen) atoms. The number of halogens is 1. The second-order valence-corrected chi connectivity index (χ2v) is 8.56. The Morgan fingerprint density at radius 2 is 1.88 bits per heavy atom. The summed E-state index contributed by atoms with van der Waals surface area (Å²) in [4.78, 5) is 31.6. The van der Waals surface area contributed by atoms with Crippen molar-refractivity contribution in [2.45, 2.75) is 13.0 Å². The SMILES string of the molecule is COCCOC(=O)C1=C(C)N=c2s/c(=C/c3ccccc3)c(=O)n2C1c1ccccc1Cl. The van der Waals surface area contributed by atoms with Crippen molar-refractivity contribution in [1.29, 1.82) is 0 Å². The van der Waals surface area contributed by atoms with Gasteiger partial charge in [-0.2, -0.15) is 0 Å². The van der Waals surface area contributed by atoms with Crippen LogP contribution in [0.3, 0.4) is 0 Å². The summed E-state index contributed by atoms with van der Waals surface area (Å²) >= 11 is 7.79. The number of benzene rings is 2. The molecule has 0 fully saturated rings. The fourth-order valence-electron chi connectivity index (χ4n) is 3.57. The zero-order chi connectivity index (χ0) is 22.7. The highest BCUT2D eigenvalue weighted by Gasteiger charge is 2.34. The number of carbonyl (C=O) groups excluding carboxylic acids is 1. The Hall–Kier alpha value is -3.00. The molecule has 0 aliphatic carbocycles. The van der Waals surface area contributed by atoms with Crippen LogP contribution in [-0.4, -0.2) is 30.9 Å². The standard InChI is InChI=1S/C24H21ClN2O4S/c1-15-20(23(29)31-13-12-30-2)21(17-10-6-7-11-18(17)25)27-22(28)19(32-24(27)26-15)14-16-8-4-3-5-9-16/h3-11,14,21H,12-13H2,1-2H3/b19-14+. The van der Waals surface area contributed by atoms with Crippen molar-refractivity contribution in [2.75, 3.05) is 20.3 Å². The molecule has 0 bridgehead atoms. The lowest BCUT2D eigenvalue weighted by Crippen LogP contribution is -2.40. The van der Waals surface area contributed by atoms with Gasteiger partial charge in [-0.25, -0.2) is 9.79 Å². The molecule has 0 saturated carbocycles. The van der Waals surface area contributed by atoms with Gasteiger partial charge in [0, 0.05) is 12.1 Å². The van der Waals surface area contributed by atoms with E-state index in [1.54, 1.807) is 19.1 Å². The summed E-state index contributed by atoms with van der Waals surface area (Å²) in [5.74, 6) is -0.550. The molecule has 164 valence electrons. The second kappa shape index (κ2) is 9.65. The maximum Gasteiger partial charge on any atom is 0.338 e. The summed E-state index contributed by atoms with van der Waals surface area (Å²) in [7, 11) is 1.53. The number of hydrogen-bond acceptors (Lipinski definition) is 6. The van der Waals surface area contributed by atoms with Gasteiger partial charge in [0.25, 0.3) is 5.56 Å². The van der Waals surface area contributed by atoms with Crippen LogP contribution in [0, 0.1) is 0 Å². The van der Waals surface area contributed by atoms with E-state index >= 15 is 0 Å². The lowest BCUT2D eigenvalue weighted by molar-refractivity contribution is -0.140. The van der Waals surface area contributed by atoms with Gasteiger partial charge in [0.15, 0.2) is 4.80 Å². The molecular weight excluding hydrogens is 448 g/mol. The molecule has 1 aromatic heterocycles. The van der Waals surface area contributed by atoms with E-state index in [2.05, 4.69) is 4.99 Å². The van der Waals surface area contributed by atoms with E-state index in [0.29, 0.717) is 25.6 Å². The maximum absolute atomic E-state index is 13.5. The van der Waals surface area contributed by atoms with E-state index < -0.39 is 12.0 Å². The van der Waals surface area contributed by atoms with Gasteiger partial charge >= 0.3 is 5.97 Å². The molecule has 0 N–H and O–H groups in total. The van der Waals surface area contributed by atoms with Crippen molar-refractivity contribution in [3.8, 4) is 0 Å². The van der Waals surface area contributed by atoms with Crippen molar-refractivity contribution in [1.82, 2.24) is 4.57 Å². The minimum atomic E-state index is -0.743. The van der Waals surface area contributed by atoms with Crippen LogP contribution in [0.25, 0.3) is 6.08 Å². The summed E-state index contributed by atoms with van der Waals surface area (Å²) in [5.41, 5.74) is 2.08. The number of aromatic nitrogens is 1. The summed E-state index contributed by atoms with van der Waals surface area (Å²) in [6, 6.07) is 16.0. The number of ether oxygens (including phenoxy) is 2. The van der Waals surface area contributed by atoms with Crippen molar-refractivity contribution < 1.29 is 14.3 Å². The Labute approximate surface area is 193 Å². The molecular formula is C24H21ClN2O4S. The first kappa shape index (κ1) is 22.2. The van der Waals surface area contributed by atoms with E-state index in [1.165, 1.54) is 23.0 Å². The van der Waals surface area contributed by atoms with Crippen LogP contribution in [0.5, 0.6) is 0 Å². The summed E-state index contributed by atoms with van der Waals surface area (Å²) < 4.78 is 12.4. The van der Waals surface area contributed by atoms with E-state index in [1.807, 2.05) is 48.5 Å². The van der Waals surface area contributed by atoms with Crippen LogP contribution in [0.15, 0.2) is 75.7 Å². The predicted molar refractivity (Wildman–Crippen MR) is 124 cm³/mol. The normalized spacial score (nSPS) is 16.0. The quantitative estimate of drug-likeness (QED) is 0.412. The monoisotopic (exact) mass is 468 g/mol. The van der Waals surface area contributed by atoms with Crippen molar-refractivity contribution in [3.05, 3.63) is 102 Å². The first-order valence-corrected chi connectivity index (χ1v) is 11.2. The Balaban J connectivity index is 1.91. The van der Waals surface area contributed by atoms with Gasteiger partial charge < -0.3 is 9.47 Å². The van der Waals surface area contributed by atoms with Crippen LogP contribution in [0.4, 0.5) is 0 Å². The topological polar surface area (TPSA) is 69.9 Å². The highest BCUT2D eigenvalue weighted by Crippen LogP contribution is 2.34.